The molecule has 4 nitrogen and oxygen atoms in total. The number of halogens is 1. The van der Waals surface area contributed by atoms with Crippen LogP contribution >= 0.6 is 0 Å². The van der Waals surface area contributed by atoms with Crippen LogP contribution in [0.15, 0.2) is 30.6 Å². The van der Waals surface area contributed by atoms with Gasteiger partial charge in [-0.2, -0.15) is 0 Å². The molecule has 0 aliphatic heterocycles. The van der Waals surface area contributed by atoms with E-state index in [1.165, 1.54) is 18.5 Å². The number of aromatic nitrogens is 2. The lowest BCUT2D eigenvalue weighted by atomic mass is 10.1. The molecule has 20 heavy (non-hydrogen) atoms. The standard InChI is InChI=1S/C15H19FN4/c1-3-4-13-14(17)18-10-19-15(13)20(2)9-11-5-7-12(16)8-6-11/h5-8,10H,3-4,9H2,1-2H3,(H2,17,18,19). The number of anilines is 2. The average Bonchev–Trinajstić information content (AvgIpc) is 2.43. The van der Waals surface area contributed by atoms with Gasteiger partial charge < -0.3 is 10.6 Å². The molecule has 1 heterocycles. The molecule has 2 rings (SSSR count). The first-order chi connectivity index (χ1) is 9.61. The van der Waals surface area contributed by atoms with Crippen LogP contribution < -0.4 is 10.6 Å². The molecule has 2 N–H and O–H groups in total. The van der Waals surface area contributed by atoms with Crippen molar-refractivity contribution in [2.24, 2.45) is 0 Å². The van der Waals surface area contributed by atoms with E-state index in [0.717, 1.165) is 29.8 Å². The van der Waals surface area contributed by atoms with Crippen LogP contribution in [0.1, 0.15) is 24.5 Å². The van der Waals surface area contributed by atoms with Crippen molar-refractivity contribution < 1.29 is 4.39 Å². The third-order valence-electron chi connectivity index (χ3n) is 3.15. The molecule has 5 heteroatoms. The summed E-state index contributed by atoms with van der Waals surface area (Å²) in [7, 11) is 1.95. The molecule has 0 amide bonds. The van der Waals surface area contributed by atoms with Crippen LogP contribution in [0.3, 0.4) is 0 Å². The number of nitrogens with zero attached hydrogens (tertiary/aromatic N) is 3. The largest absolute Gasteiger partial charge is 0.383 e. The van der Waals surface area contributed by atoms with Gasteiger partial charge in [-0.05, 0) is 24.1 Å². The maximum absolute atomic E-state index is 12.9. The molecule has 1 aromatic carbocycles. The Hall–Kier alpha value is -2.17. The summed E-state index contributed by atoms with van der Waals surface area (Å²) in [6.07, 6.45) is 3.30. The predicted octanol–water partition coefficient (Wildman–Crippen LogP) is 2.79. The van der Waals surface area contributed by atoms with Crippen LogP contribution in [0.5, 0.6) is 0 Å². The number of hydrogen-bond donors (Lipinski definition) is 1. The Balaban J connectivity index is 2.22. The van der Waals surface area contributed by atoms with Gasteiger partial charge in [-0.1, -0.05) is 25.5 Å². The molecule has 0 atom stereocenters. The minimum Gasteiger partial charge on any atom is -0.383 e. The molecule has 0 radical (unpaired) electrons. The Kier molecular flexibility index (Phi) is 4.50. The molecule has 0 spiro atoms. The molecule has 2 aromatic rings. The highest BCUT2D eigenvalue weighted by molar-refractivity contribution is 5.56. The third kappa shape index (κ3) is 3.23. The van der Waals surface area contributed by atoms with E-state index in [2.05, 4.69) is 16.9 Å². The number of rotatable bonds is 5. The van der Waals surface area contributed by atoms with Gasteiger partial charge in [0.15, 0.2) is 0 Å². The zero-order valence-corrected chi connectivity index (χ0v) is 11.8. The smallest absolute Gasteiger partial charge is 0.137 e. The van der Waals surface area contributed by atoms with Crippen molar-refractivity contribution in [3.63, 3.8) is 0 Å². The van der Waals surface area contributed by atoms with Crippen molar-refractivity contribution in [3.05, 3.63) is 47.5 Å². The zero-order chi connectivity index (χ0) is 14.5. The molecular formula is C15H19FN4. The average molecular weight is 274 g/mol. The van der Waals surface area contributed by atoms with Crippen molar-refractivity contribution in [1.29, 1.82) is 0 Å². The quantitative estimate of drug-likeness (QED) is 0.911. The first-order valence-corrected chi connectivity index (χ1v) is 6.66. The van der Waals surface area contributed by atoms with Gasteiger partial charge in [-0.3, -0.25) is 0 Å². The zero-order valence-electron chi connectivity index (χ0n) is 11.8. The van der Waals surface area contributed by atoms with E-state index in [0.29, 0.717) is 12.4 Å². The summed E-state index contributed by atoms with van der Waals surface area (Å²) in [5.74, 6) is 1.14. The van der Waals surface area contributed by atoms with E-state index in [-0.39, 0.29) is 5.82 Å². The minimum absolute atomic E-state index is 0.227. The summed E-state index contributed by atoms with van der Waals surface area (Å²) in [4.78, 5) is 10.4. The fourth-order valence-corrected chi connectivity index (χ4v) is 2.17. The van der Waals surface area contributed by atoms with Crippen LogP contribution in [0.4, 0.5) is 16.0 Å². The van der Waals surface area contributed by atoms with Crippen molar-refractivity contribution >= 4 is 11.6 Å². The summed E-state index contributed by atoms with van der Waals surface area (Å²) in [6, 6.07) is 6.47. The first-order valence-electron chi connectivity index (χ1n) is 6.66. The second kappa shape index (κ2) is 6.32. The summed E-state index contributed by atoms with van der Waals surface area (Å²) < 4.78 is 12.9. The molecule has 106 valence electrons. The SMILES string of the molecule is CCCc1c(N)ncnc1N(C)Cc1ccc(F)cc1. The van der Waals surface area contributed by atoms with Crippen molar-refractivity contribution in [3.8, 4) is 0 Å². The fourth-order valence-electron chi connectivity index (χ4n) is 2.17. The van der Waals surface area contributed by atoms with E-state index in [9.17, 15) is 4.39 Å². The number of nitrogens with two attached hydrogens (primary N) is 1. The van der Waals surface area contributed by atoms with Gasteiger partial charge in [0.2, 0.25) is 0 Å². The second-order valence-electron chi connectivity index (χ2n) is 4.79. The number of nitrogen functional groups attached to an aromatic ring is 1. The third-order valence-corrected chi connectivity index (χ3v) is 3.15. The topological polar surface area (TPSA) is 55.0 Å². The normalized spacial score (nSPS) is 10.6. The summed E-state index contributed by atoms with van der Waals surface area (Å²) >= 11 is 0. The summed E-state index contributed by atoms with van der Waals surface area (Å²) in [6.45, 7) is 2.74. The molecule has 0 bridgehead atoms. The van der Waals surface area contributed by atoms with E-state index in [1.807, 2.05) is 11.9 Å². The monoisotopic (exact) mass is 274 g/mol. The Morgan fingerprint density at radius 2 is 1.90 bits per heavy atom. The lowest BCUT2D eigenvalue weighted by molar-refractivity contribution is 0.627. The Bertz CT molecular complexity index is 569. The van der Waals surface area contributed by atoms with Crippen LogP contribution in [0.2, 0.25) is 0 Å². The highest BCUT2D eigenvalue weighted by Crippen LogP contribution is 2.23. The van der Waals surface area contributed by atoms with Crippen LogP contribution in [-0.2, 0) is 13.0 Å². The highest BCUT2D eigenvalue weighted by Gasteiger charge is 2.12. The van der Waals surface area contributed by atoms with Crippen LogP contribution in [0.25, 0.3) is 0 Å². The van der Waals surface area contributed by atoms with Gasteiger partial charge in [0.1, 0.15) is 23.8 Å². The Labute approximate surface area is 118 Å². The molecule has 0 unspecified atom stereocenters. The van der Waals surface area contributed by atoms with E-state index in [1.54, 1.807) is 12.1 Å². The maximum atomic E-state index is 12.9. The van der Waals surface area contributed by atoms with Gasteiger partial charge in [0, 0.05) is 19.2 Å². The molecule has 1 aromatic heterocycles. The molecular weight excluding hydrogens is 255 g/mol. The summed E-state index contributed by atoms with van der Waals surface area (Å²) in [5.41, 5.74) is 7.92. The van der Waals surface area contributed by atoms with Gasteiger partial charge in [-0.25, -0.2) is 14.4 Å². The summed E-state index contributed by atoms with van der Waals surface area (Å²) in [5, 5.41) is 0. The van der Waals surface area contributed by atoms with E-state index < -0.39 is 0 Å². The van der Waals surface area contributed by atoms with E-state index in [4.69, 9.17) is 5.73 Å². The predicted molar refractivity (Wildman–Crippen MR) is 78.9 cm³/mol. The van der Waals surface area contributed by atoms with Gasteiger partial charge in [0.25, 0.3) is 0 Å². The molecule has 0 aliphatic rings. The molecule has 0 fully saturated rings. The molecule has 0 saturated heterocycles. The lowest BCUT2D eigenvalue weighted by Crippen LogP contribution is -2.20. The molecule has 0 aliphatic carbocycles. The van der Waals surface area contributed by atoms with Crippen LogP contribution in [0, 0.1) is 5.82 Å². The minimum atomic E-state index is -0.227. The van der Waals surface area contributed by atoms with Crippen molar-refractivity contribution in [1.82, 2.24) is 9.97 Å². The lowest BCUT2D eigenvalue weighted by Gasteiger charge is -2.21. The van der Waals surface area contributed by atoms with Crippen molar-refractivity contribution in [2.75, 3.05) is 17.7 Å². The second-order valence-corrected chi connectivity index (χ2v) is 4.79. The van der Waals surface area contributed by atoms with Gasteiger partial charge >= 0.3 is 0 Å². The number of hydrogen-bond acceptors (Lipinski definition) is 4. The number of benzene rings is 1. The first kappa shape index (κ1) is 14.2. The Morgan fingerprint density at radius 3 is 2.55 bits per heavy atom. The fraction of sp³-hybridized carbons (Fsp3) is 0.333. The molecule has 0 saturated carbocycles. The van der Waals surface area contributed by atoms with Gasteiger partial charge in [0.05, 0.1) is 0 Å². The Morgan fingerprint density at radius 1 is 1.20 bits per heavy atom. The van der Waals surface area contributed by atoms with Crippen molar-refractivity contribution in [2.45, 2.75) is 26.3 Å². The van der Waals surface area contributed by atoms with Crippen LogP contribution in [-0.4, -0.2) is 17.0 Å². The maximum Gasteiger partial charge on any atom is 0.137 e. The highest BCUT2D eigenvalue weighted by atomic mass is 19.1. The van der Waals surface area contributed by atoms with E-state index >= 15 is 0 Å². The van der Waals surface area contributed by atoms with Gasteiger partial charge in [-0.15, -0.1) is 0 Å².